The molecule has 1 aliphatic heterocycles. The van der Waals surface area contributed by atoms with Crippen molar-refractivity contribution in [2.24, 2.45) is 0 Å². The Morgan fingerprint density at radius 3 is 2.55 bits per heavy atom. The van der Waals surface area contributed by atoms with Gasteiger partial charge in [0.05, 0.1) is 23.0 Å². The normalized spacial score (nSPS) is 16.0. The molecule has 0 spiro atoms. The molecule has 194 valence electrons. The lowest BCUT2D eigenvalue weighted by atomic mass is 10.0. The Kier molecular flexibility index (Phi) is 7.52. The van der Waals surface area contributed by atoms with Crippen LogP contribution in [0.1, 0.15) is 29.0 Å². The van der Waals surface area contributed by atoms with Gasteiger partial charge >= 0.3 is 6.03 Å². The Balaban J connectivity index is 1.45. The summed E-state index contributed by atoms with van der Waals surface area (Å²) in [5, 5.41) is 11.7. The molecule has 2 heterocycles. The first kappa shape index (κ1) is 25.6. The van der Waals surface area contributed by atoms with Crippen molar-refractivity contribution in [1.82, 2.24) is 20.2 Å². The number of benzene rings is 3. The van der Waals surface area contributed by atoms with Gasteiger partial charge in [-0.05, 0) is 51.3 Å². The van der Waals surface area contributed by atoms with Gasteiger partial charge in [-0.3, -0.25) is 9.69 Å². The molecule has 1 aliphatic rings. The van der Waals surface area contributed by atoms with E-state index in [2.05, 4.69) is 31.2 Å². The van der Waals surface area contributed by atoms with Crippen molar-refractivity contribution in [3.05, 3.63) is 106 Å². The standard InChI is InChI=1S/C28H24BrFN4O4/c29-21-11-8-19(15-22(21)30)23-16-31-26(32-23)24(14-17-4-2-1-3-5-17)34-27(36)25(33-28(34)37)18-6-9-20(10-7-18)38-13-12-35/h1-11,15-16,24-25,35H,12-14H2,(H,31,32)(H,33,37)/t24-,25+/m0/s1. The lowest BCUT2D eigenvalue weighted by Gasteiger charge is -2.24. The quantitative estimate of drug-likeness (QED) is 0.244. The van der Waals surface area contributed by atoms with Crippen molar-refractivity contribution < 1.29 is 23.8 Å². The summed E-state index contributed by atoms with van der Waals surface area (Å²) in [4.78, 5) is 35.7. The van der Waals surface area contributed by atoms with Crippen LogP contribution in [0.15, 0.2) is 83.5 Å². The second-order valence-electron chi connectivity index (χ2n) is 8.75. The van der Waals surface area contributed by atoms with Crippen LogP contribution in [0.2, 0.25) is 0 Å². The molecule has 0 aliphatic carbocycles. The number of imidazole rings is 1. The number of carbonyl (C=O) groups excluding carboxylic acids is 2. The number of aromatic nitrogens is 2. The number of ether oxygens (including phenoxy) is 1. The van der Waals surface area contributed by atoms with E-state index < -0.39 is 29.8 Å². The number of urea groups is 1. The van der Waals surface area contributed by atoms with Crippen LogP contribution in [0.5, 0.6) is 5.75 Å². The number of imide groups is 1. The maximum absolute atomic E-state index is 14.2. The van der Waals surface area contributed by atoms with Crippen LogP contribution < -0.4 is 10.1 Å². The zero-order chi connectivity index (χ0) is 26.6. The summed E-state index contributed by atoms with van der Waals surface area (Å²) < 4.78 is 19.9. The van der Waals surface area contributed by atoms with Crippen LogP contribution >= 0.6 is 15.9 Å². The minimum absolute atomic E-state index is 0.109. The third kappa shape index (κ3) is 5.32. The van der Waals surface area contributed by atoms with Crippen LogP contribution in [-0.4, -0.2) is 45.1 Å². The van der Waals surface area contributed by atoms with Crippen molar-refractivity contribution in [1.29, 1.82) is 0 Å². The number of rotatable bonds is 9. The molecule has 1 fully saturated rings. The number of nitrogens with one attached hydrogen (secondary N) is 2. The zero-order valence-electron chi connectivity index (χ0n) is 20.1. The molecule has 10 heteroatoms. The summed E-state index contributed by atoms with van der Waals surface area (Å²) in [7, 11) is 0. The Morgan fingerprint density at radius 2 is 1.84 bits per heavy atom. The minimum Gasteiger partial charge on any atom is -0.491 e. The summed E-state index contributed by atoms with van der Waals surface area (Å²) in [6, 6.07) is 18.9. The lowest BCUT2D eigenvalue weighted by Crippen LogP contribution is -2.36. The fraction of sp³-hybridized carbons (Fsp3) is 0.179. The highest BCUT2D eigenvalue weighted by molar-refractivity contribution is 9.10. The van der Waals surface area contributed by atoms with Crippen LogP contribution in [-0.2, 0) is 11.2 Å². The fourth-order valence-corrected chi connectivity index (χ4v) is 4.65. The van der Waals surface area contributed by atoms with Gasteiger partial charge in [0.2, 0.25) is 0 Å². The summed E-state index contributed by atoms with van der Waals surface area (Å²) in [5.41, 5.74) is 2.67. The Hall–Kier alpha value is -4.02. The summed E-state index contributed by atoms with van der Waals surface area (Å²) in [5.74, 6) is 0.131. The smallest absolute Gasteiger partial charge is 0.325 e. The molecular formula is C28H24BrFN4O4. The highest BCUT2D eigenvalue weighted by atomic mass is 79.9. The number of hydrogen-bond donors (Lipinski definition) is 3. The third-order valence-corrected chi connectivity index (χ3v) is 6.91. The number of nitrogens with zero attached hydrogens (tertiary/aromatic N) is 2. The molecule has 1 aromatic heterocycles. The van der Waals surface area contributed by atoms with Gasteiger partial charge in [0, 0.05) is 12.0 Å². The van der Waals surface area contributed by atoms with Gasteiger partial charge < -0.3 is 20.1 Å². The third-order valence-electron chi connectivity index (χ3n) is 6.27. The molecule has 8 nitrogen and oxygen atoms in total. The number of H-pyrrole nitrogens is 1. The van der Waals surface area contributed by atoms with Gasteiger partial charge in [-0.15, -0.1) is 0 Å². The van der Waals surface area contributed by atoms with E-state index in [1.54, 1.807) is 42.6 Å². The molecule has 0 radical (unpaired) electrons. The summed E-state index contributed by atoms with van der Waals surface area (Å²) in [6.07, 6.45) is 1.90. The van der Waals surface area contributed by atoms with Crippen LogP contribution in [0.4, 0.5) is 9.18 Å². The zero-order valence-corrected chi connectivity index (χ0v) is 21.7. The highest BCUT2D eigenvalue weighted by Gasteiger charge is 2.44. The number of aliphatic hydroxyl groups is 1. The first-order valence-electron chi connectivity index (χ1n) is 12.0. The number of amides is 3. The number of halogens is 2. The maximum atomic E-state index is 14.2. The second-order valence-corrected chi connectivity index (χ2v) is 9.60. The fourth-order valence-electron chi connectivity index (χ4n) is 4.40. The van der Waals surface area contributed by atoms with Gasteiger partial charge in [-0.25, -0.2) is 14.2 Å². The molecule has 0 saturated carbocycles. The van der Waals surface area contributed by atoms with Gasteiger partial charge in [0.1, 0.15) is 36.1 Å². The first-order chi connectivity index (χ1) is 18.4. The molecule has 1 saturated heterocycles. The minimum atomic E-state index is -0.873. The van der Waals surface area contributed by atoms with Crippen LogP contribution in [0.3, 0.4) is 0 Å². The van der Waals surface area contributed by atoms with E-state index in [4.69, 9.17) is 9.84 Å². The number of aliphatic hydroxyl groups excluding tert-OH is 1. The van der Waals surface area contributed by atoms with Crippen molar-refractivity contribution >= 4 is 27.9 Å². The highest BCUT2D eigenvalue weighted by Crippen LogP contribution is 2.33. The molecule has 4 aromatic rings. The molecule has 0 bridgehead atoms. The average Bonchev–Trinajstić information content (AvgIpc) is 3.53. The molecular weight excluding hydrogens is 555 g/mol. The van der Waals surface area contributed by atoms with E-state index in [9.17, 15) is 14.0 Å². The molecule has 5 rings (SSSR count). The summed E-state index contributed by atoms with van der Waals surface area (Å²) in [6.45, 7) is 0.0490. The van der Waals surface area contributed by atoms with E-state index >= 15 is 0 Å². The van der Waals surface area contributed by atoms with E-state index in [0.29, 0.717) is 39.3 Å². The van der Waals surface area contributed by atoms with E-state index in [1.807, 2.05) is 30.3 Å². The number of aromatic amines is 1. The molecule has 0 unspecified atom stereocenters. The Morgan fingerprint density at radius 1 is 1.08 bits per heavy atom. The Bertz CT molecular complexity index is 1450. The average molecular weight is 579 g/mol. The molecule has 3 N–H and O–H groups in total. The Labute approximate surface area is 226 Å². The second kappa shape index (κ2) is 11.2. The monoisotopic (exact) mass is 578 g/mol. The van der Waals surface area contributed by atoms with Gasteiger partial charge in [0.25, 0.3) is 5.91 Å². The molecule has 3 amide bonds. The van der Waals surface area contributed by atoms with Gasteiger partial charge in [-0.1, -0.05) is 48.5 Å². The predicted molar refractivity (Wildman–Crippen MR) is 142 cm³/mol. The molecule has 2 atom stereocenters. The lowest BCUT2D eigenvalue weighted by molar-refractivity contribution is -0.129. The topological polar surface area (TPSA) is 108 Å². The van der Waals surface area contributed by atoms with Crippen LogP contribution in [0.25, 0.3) is 11.3 Å². The first-order valence-corrected chi connectivity index (χ1v) is 12.8. The van der Waals surface area contributed by atoms with Gasteiger partial charge in [-0.2, -0.15) is 0 Å². The number of carbonyl (C=O) groups is 2. The number of hydrogen-bond acceptors (Lipinski definition) is 5. The van der Waals surface area contributed by atoms with Crippen LogP contribution in [0, 0.1) is 5.82 Å². The largest absolute Gasteiger partial charge is 0.491 e. The van der Waals surface area contributed by atoms with Gasteiger partial charge in [0.15, 0.2) is 0 Å². The van der Waals surface area contributed by atoms with E-state index in [-0.39, 0.29) is 13.2 Å². The molecule has 3 aromatic carbocycles. The van der Waals surface area contributed by atoms with E-state index in [1.165, 1.54) is 11.0 Å². The summed E-state index contributed by atoms with van der Waals surface area (Å²) >= 11 is 3.16. The van der Waals surface area contributed by atoms with Crippen molar-refractivity contribution in [2.45, 2.75) is 18.5 Å². The predicted octanol–water partition coefficient (Wildman–Crippen LogP) is 4.93. The SMILES string of the molecule is O=C1N[C@H](c2ccc(OCCO)cc2)C(=O)N1[C@@H](Cc1ccccc1)c1ncc(-c2ccc(Br)c(F)c2)[nH]1. The van der Waals surface area contributed by atoms with Crippen molar-refractivity contribution in [3.63, 3.8) is 0 Å². The maximum Gasteiger partial charge on any atom is 0.325 e. The van der Waals surface area contributed by atoms with Crippen molar-refractivity contribution in [2.75, 3.05) is 13.2 Å². The van der Waals surface area contributed by atoms with E-state index in [0.717, 1.165) is 5.56 Å². The van der Waals surface area contributed by atoms with Crippen molar-refractivity contribution in [3.8, 4) is 17.0 Å². The molecule has 38 heavy (non-hydrogen) atoms.